The first-order valence-electron chi connectivity index (χ1n) is 8.65. The highest BCUT2D eigenvalue weighted by molar-refractivity contribution is 5.95. The van der Waals surface area contributed by atoms with E-state index in [1.807, 2.05) is 0 Å². The normalized spacial score (nSPS) is 17.9. The molecule has 28 heavy (non-hydrogen) atoms. The fourth-order valence-electron chi connectivity index (χ4n) is 2.85. The molecule has 2 rings (SSSR count). The van der Waals surface area contributed by atoms with Crippen LogP contribution in [0.1, 0.15) is 37.3 Å². The fourth-order valence-corrected chi connectivity index (χ4v) is 2.85. The lowest BCUT2D eigenvalue weighted by Gasteiger charge is -2.23. The molecule has 10 nitrogen and oxygen atoms in total. The van der Waals surface area contributed by atoms with Crippen molar-refractivity contribution >= 4 is 29.7 Å². The van der Waals surface area contributed by atoms with Gasteiger partial charge in [-0.05, 0) is 12.0 Å². The quantitative estimate of drug-likeness (QED) is 0.381. The van der Waals surface area contributed by atoms with Gasteiger partial charge in [0.25, 0.3) is 0 Å². The van der Waals surface area contributed by atoms with Gasteiger partial charge in [-0.1, -0.05) is 30.3 Å². The predicted octanol–water partition coefficient (Wildman–Crippen LogP) is -0.443. The van der Waals surface area contributed by atoms with Crippen molar-refractivity contribution in [2.45, 2.75) is 43.8 Å². The Bertz CT molecular complexity index is 766. The lowest BCUT2D eigenvalue weighted by molar-refractivity contribution is -0.142. The Balaban J connectivity index is 2.11. The lowest BCUT2D eigenvalue weighted by Crippen LogP contribution is -2.53. The van der Waals surface area contributed by atoms with E-state index in [0.29, 0.717) is 5.56 Å². The molecule has 1 aliphatic heterocycles. The smallest absolute Gasteiger partial charge is 0.305 e. The summed E-state index contributed by atoms with van der Waals surface area (Å²) in [4.78, 5) is 58.3. The maximum Gasteiger partial charge on any atom is 0.305 e. The third kappa shape index (κ3) is 6.08. The maximum atomic E-state index is 12.6. The predicted molar refractivity (Wildman–Crippen MR) is 94.9 cm³/mol. The van der Waals surface area contributed by atoms with Crippen molar-refractivity contribution in [3.8, 4) is 0 Å². The van der Waals surface area contributed by atoms with Gasteiger partial charge in [-0.2, -0.15) is 0 Å². The monoisotopic (exact) mass is 391 g/mol. The molecule has 10 heteroatoms. The van der Waals surface area contributed by atoms with Crippen LogP contribution >= 0.6 is 0 Å². The van der Waals surface area contributed by atoms with Gasteiger partial charge in [-0.15, -0.1) is 0 Å². The van der Waals surface area contributed by atoms with E-state index in [4.69, 9.17) is 10.2 Å². The van der Waals surface area contributed by atoms with E-state index in [-0.39, 0.29) is 18.7 Å². The van der Waals surface area contributed by atoms with Gasteiger partial charge in [-0.25, -0.2) is 0 Å². The average molecular weight is 391 g/mol. The minimum atomic E-state index is -1.41. The van der Waals surface area contributed by atoms with Gasteiger partial charge in [0.05, 0.1) is 18.9 Å². The van der Waals surface area contributed by atoms with E-state index in [2.05, 4.69) is 16.0 Å². The first kappa shape index (κ1) is 20.9. The first-order valence-corrected chi connectivity index (χ1v) is 8.65. The largest absolute Gasteiger partial charge is 0.481 e. The van der Waals surface area contributed by atoms with Gasteiger partial charge >= 0.3 is 11.9 Å². The summed E-state index contributed by atoms with van der Waals surface area (Å²) >= 11 is 0. The highest BCUT2D eigenvalue weighted by Gasteiger charge is 2.32. The highest BCUT2D eigenvalue weighted by atomic mass is 16.4. The number of nitrogens with one attached hydrogen (secondary N) is 3. The van der Waals surface area contributed by atoms with Crippen molar-refractivity contribution in [1.82, 2.24) is 16.0 Å². The van der Waals surface area contributed by atoms with E-state index in [1.54, 1.807) is 30.3 Å². The average Bonchev–Trinajstić information content (AvgIpc) is 3.07. The minimum absolute atomic E-state index is 0.169. The molecule has 1 heterocycles. The number of carbonyl (C=O) groups is 5. The fraction of sp³-hybridized carbons (Fsp3) is 0.389. The molecule has 1 aromatic carbocycles. The zero-order valence-corrected chi connectivity index (χ0v) is 14.9. The van der Waals surface area contributed by atoms with Gasteiger partial charge in [0, 0.05) is 6.42 Å². The highest BCUT2D eigenvalue weighted by Crippen LogP contribution is 2.17. The molecule has 0 spiro atoms. The maximum absolute atomic E-state index is 12.6. The van der Waals surface area contributed by atoms with E-state index >= 15 is 0 Å². The van der Waals surface area contributed by atoms with Crippen LogP contribution in [0.25, 0.3) is 0 Å². The third-order valence-electron chi connectivity index (χ3n) is 4.22. The summed E-state index contributed by atoms with van der Waals surface area (Å²) in [5.41, 5.74) is 0.529. The molecule has 0 aliphatic carbocycles. The summed E-state index contributed by atoms with van der Waals surface area (Å²) in [6.45, 7) is 0. The van der Waals surface area contributed by atoms with E-state index in [1.165, 1.54) is 0 Å². The summed E-state index contributed by atoms with van der Waals surface area (Å²) in [6, 6.07) is 5.20. The van der Waals surface area contributed by atoms with Gasteiger partial charge in [0.1, 0.15) is 12.1 Å². The summed E-state index contributed by atoms with van der Waals surface area (Å²) in [7, 11) is 0. The van der Waals surface area contributed by atoms with Crippen molar-refractivity contribution in [3.63, 3.8) is 0 Å². The number of carboxylic acid groups (broad SMARTS) is 2. The molecule has 1 aliphatic rings. The third-order valence-corrected chi connectivity index (χ3v) is 4.22. The Morgan fingerprint density at radius 3 is 2.21 bits per heavy atom. The zero-order valence-electron chi connectivity index (χ0n) is 14.9. The number of hydrogen-bond acceptors (Lipinski definition) is 5. The topological polar surface area (TPSA) is 162 Å². The number of hydrogen-bond donors (Lipinski definition) is 5. The Morgan fingerprint density at radius 2 is 1.68 bits per heavy atom. The van der Waals surface area contributed by atoms with Crippen LogP contribution in [0, 0.1) is 0 Å². The standard InChI is InChI=1S/C18H21N3O7/c22-14-7-6-11(19-14)17(27)21-13(9-16(25)26)18(28)20-12(8-15(23)24)10-4-2-1-3-5-10/h1-5,11-13H,6-9H2,(H,19,22)(H,20,28)(H,21,27)(H,23,24)(H,25,26)/t11-,12+,13-/m0/s1. The van der Waals surface area contributed by atoms with Gasteiger partial charge in [-0.3, -0.25) is 24.0 Å². The zero-order chi connectivity index (χ0) is 20.7. The van der Waals surface area contributed by atoms with Crippen LogP contribution in [0.5, 0.6) is 0 Å². The molecule has 0 aromatic heterocycles. The van der Waals surface area contributed by atoms with Crippen LogP contribution in [-0.4, -0.2) is 52.0 Å². The van der Waals surface area contributed by atoms with Crippen molar-refractivity contribution in [2.75, 3.05) is 0 Å². The molecule has 3 amide bonds. The van der Waals surface area contributed by atoms with Crippen LogP contribution in [0.3, 0.4) is 0 Å². The van der Waals surface area contributed by atoms with Gasteiger partial charge < -0.3 is 26.2 Å². The summed E-state index contributed by atoms with van der Waals surface area (Å²) in [5, 5.41) is 25.4. The molecule has 1 fully saturated rings. The Hall–Kier alpha value is -3.43. The molecule has 150 valence electrons. The second-order valence-corrected chi connectivity index (χ2v) is 6.39. The Labute approximate surface area is 160 Å². The van der Waals surface area contributed by atoms with E-state index in [0.717, 1.165) is 0 Å². The van der Waals surface area contributed by atoms with E-state index in [9.17, 15) is 24.0 Å². The lowest BCUT2D eigenvalue weighted by atomic mass is 10.0. The molecular weight excluding hydrogens is 370 g/mol. The SMILES string of the molecule is O=C(O)C[C@H](NC(=O)[C@@H]1CCC(=O)N1)C(=O)N[C@H](CC(=O)O)c1ccccc1. The Morgan fingerprint density at radius 1 is 1.04 bits per heavy atom. The summed E-state index contributed by atoms with van der Waals surface area (Å²) in [5.74, 6) is -4.26. The van der Waals surface area contributed by atoms with Crippen molar-refractivity contribution in [1.29, 1.82) is 0 Å². The number of carbonyl (C=O) groups excluding carboxylic acids is 3. The van der Waals surface area contributed by atoms with Crippen molar-refractivity contribution < 1.29 is 34.2 Å². The second kappa shape index (κ2) is 9.49. The van der Waals surface area contributed by atoms with Crippen LogP contribution in [0.15, 0.2) is 30.3 Å². The molecular formula is C18H21N3O7. The Kier molecular flexibility index (Phi) is 7.08. The van der Waals surface area contributed by atoms with Gasteiger partial charge in [0.15, 0.2) is 0 Å². The second-order valence-electron chi connectivity index (χ2n) is 6.39. The number of amides is 3. The number of aliphatic carboxylic acids is 2. The molecule has 0 saturated carbocycles. The molecule has 0 unspecified atom stereocenters. The number of rotatable bonds is 9. The first-order chi connectivity index (χ1) is 13.3. The van der Waals surface area contributed by atoms with Crippen LogP contribution in [0.4, 0.5) is 0 Å². The van der Waals surface area contributed by atoms with Crippen LogP contribution in [0.2, 0.25) is 0 Å². The summed E-state index contributed by atoms with van der Waals surface area (Å²) < 4.78 is 0. The van der Waals surface area contributed by atoms with Crippen LogP contribution in [-0.2, 0) is 24.0 Å². The van der Waals surface area contributed by atoms with E-state index < -0.39 is 54.7 Å². The molecule has 1 saturated heterocycles. The summed E-state index contributed by atoms with van der Waals surface area (Å²) in [6.07, 6.45) is -0.685. The van der Waals surface area contributed by atoms with Crippen LogP contribution < -0.4 is 16.0 Å². The van der Waals surface area contributed by atoms with Crippen molar-refractivity contribution in [3.05, 3.63) is 35.9 Å². The van der Waals surface area contributed by atoms with Crippen molar-refractivity contribution in [2.24, 2.45) is 0 Å². The molecule has 5 N–H and O–H groups in total. The molecule has 1 aromatic rings. The minimum Gasteiger partial charge on any atom is -0.481 e. The molecule has 3 atom stereocenters. The number of benzene rings is 1. The molecule has 0 radical (unpaired) electrons. The molecule has 0 bridgehead atoms. The van der Waals surface area contributed by atoms with Gasteiger partial charge in [0.2, 0.25) is 17.7 Å². The number of carboxylic acids is 2.